The fourth-order valence-electron chi connectivity index (χ4n) is 1.25. The van der Waals surface area contributed by atoms with Crippen molar-refractivity contribution >= 4 is 5.82 Å². The molecule has 2 rings (SSSR count). The number of hydrogen-bond donors (Lipinski definition) is 1. The molecule has 2 heterocycles. The quantitative estimate of drug-likeness (QED) is 0.817. The first-order chi connectivity index (χ1) is 7.40. The van der Waals surface area contributed by atoms with E-state index in [0.29, 0.717) is 0 Å². The highest BCUT2D eigenvalue weighted by molar-refractivity contribution is 5.43. The average molecular weight is 203 g/mol. The molecule has 2 aromatic heterocycles. The lowest BCUT2D eigenvalue weighted by Gasteiger charge is -2.05. The van der Waals surface area contributed by atoms with Crippen molar-refractivity contribution in [2.75, 3.05) is 11.9 Å². The van der Waals surface area contributed by atoms with Crippen molar-refractivity contribution in [3.63, 3.8) is 0 Å². The highest BCUT2D eigenvalue weighted by Gasteiger charge is 1.98. The molecule has 0 aliphatic heterocycles. The van der Waals surface area contributed by atoms with Crippen molar-refractivity contribution in [2.45, 2.75) is 13.3 Å². The minimum Gasteiger partial charge on any atom is -0.370 e. The van der Waals surface area contributed by atoms with Gasteiger partial charge in [0, 0.05) is 18.8 Å². The number of rotatable bonds is 4. The van der Waals surface area contributed by atoms with Gasteiger partial charge in [-0.1, -0.05) is 6.92 Å². The van der Waals surface area contributed by atoms with E-state index in [1.165, 1.54) is 6.33 Å². The Bertz CT molecular complexity index is 410. The molecule has 5 heteroatoms. The normalized spacial score (nSPS) is 10.2. The van der Waals surface area contributed by atoms with Crippen LogP contribution in [0.15, 0.2) is 31.0 Å². The molecule has 0 atom stereocenters. The lowest BCUT2D eigenvalue weighted by Crippen LogP contribution is -2.03. The van der Waals surface area contributed by atoms with Crippen LogP contribution in [0.5, 0.6) is 0 Å². The first-order valence-corrected chi connectivity index (χ1v) is 4.95. The molecule has 0 unspecified atom stereocenters. The van der Waals surface area contributed by atoms with Crippen molar-refractivity contribution in [1.29, 1.82) is 0 Å². The Morgan fingerprint density at radius 2 is 2.40 bits per heavy atom. The van der Waals surface area contributed by atoms with Gasteiger partial charge in [-0.15, -0.1) is 0 Å². The molecule has 2 aromatic rings. The predicted molar refractivity (Wildman–Crippen MR) is 57.9 cm³/mol. The van der Waals surface area contributed by atoms with Crippen LogP contribution in [0.2, 0.25) is 0 Å². The third-order valence-electron chi connectivity index (χ3n) is 1.98. The first-order valence-electron chi connectivity index (χ1n) is 4.95. The third-order valence-corrected chi connectivity index (χ3v) is 1.98. The standard InChI is InChI=1S/C10H13N5/c1-2-4-12-10-6-9(3-5-13-10)15-8-11-7-14-15/h3,5-8H,2,4H2,1H3,(H,12,13). The zero-order valence-corrected chi connectivity index (χ0v) is 8.59. The zero-order valence-electron chi connectivity index (χ0n) is 8.59. The number of nitrogens with one attached hydrogen (secondary N) is 1. The van der Waals surface area contributed by atoms with Gasteiger partial charge in [-0.25, -0.2) is 14.6 Å². The van der Waals surface area contributed by atoms with Crippen LogP contribution in [-0.4, -0.2) is 26.3 Å². The Balaban J connectivity index is 2.19. The largest absolute Gasteiger partial charge is 0.370 e. The van der Waals surface area contributed by atoms with Gasteiger partial charge >= 0.3 is 0 Å². The fraction of sp³-hybridized carbons (Fsp3) is 0.300. The van der Waals surface area contributed by atoms with Gasteiger partial charge in [-0.3, -0.25) is 0 Å². The van der Waals surface area contributed by atoms with Gasteiger partial charge in [-0.2, -0.15) is 5.10 Å². The number of anilines is 1. The van der Waals surface area contributed by atoms with E-state index in [2.05, 4.69) is 27.3 Å². The Morgan fingerprint density at radius 3 is 3.13 bits per heavy atom. The summed E-state index contributed by atoms with van der Waals surface area (Å²) in [5.74, 6) is 0.866. The van der Waals surface area contributed by atoms with E-state index in [1.54, 1.807) is 17.2 Å². The second-order valence-corrected chi connectivity index (χ2v) is 3.17. The molecule has 0 aliphatic rings. The lowest BCUT2D eigenvalue weighted by atomic mass is 10.4. The first kappa shape index (κ1) is 9.64. The van der Waals surface area contributed by atoms with Crippen LogP contribution in [0, 0.1) is 0 Å². The van der Waals surface area contributed by atoms with Crippen molar-refractivity contribution in [3.05, 3.63) is 31.0 Å². The molecule has 0 spiro atoms. The van der Waals surface area contributed by atoms with Crippen molar-refractivity contribution in [1.82, 2.24) is 19.7 Å². The summed E-state index contributed by atoms with van der Waals surface area (Å²) in [6.07, 6.45) is 6.02. The maximum absolute atomic E-state index is 4.21. The van der Waals surface area contributed by atoms with Gasteiger partial charge in [0.25, 0.3) is 0 Å². The van der Waals surface area contributed by atoms with E-state index in [4.69, 9.17) is 0 Å². The average Bonchev–Trinajstić information content (AvgIpc) is 2.80. The summed E-state index contributed by atoms with van der Waals surface area (Å²) in [6, 6.07) is 3.84. The smallest absolute Gasteiger partial charge is 0.138 e. The van der Waals surface area contributed by atoms with Gasteiger partial charge in [-0.05, 0) is 12.5 Å². The van der Waals surface area contributed by atoms with E-state index in [1.807, 2.05) is 12.1 Å². The van der Waals surface area contributed by atoms with Crippen LogP contribution >= 0.6 is 0 Å². The minimum absolute atomic E-state index is 0.866. The molecular weight excluding hydrogens is 190 g/mol. The molecule has 78 valence electrons. The predicted octanol–water partition coefficient (Wildman–Crippen LogP) is 1.48. The molecule has 15 heavy (non-hydrogen) atoms. The van der Waals surface area contributed by atoms with Crippen LogP contribution in [0.3, 0.4) is 0 Å². The number of pyridine rings is 1. The molecule has 0 aromatic carbocycles. The van der Waals surface area contributed by atoms with Gasteiger partial charge < -0.3 is 5.32 Å². The van der Waals surface area contributed by atoms with E-state index >= 15 is 0 Å². The van der Waals surface area contributed by atoms with Crippen molar-refractivity contribution in [2.24, 2.45) is 0 Å². The second kappa shape index (κ2) is 4.54. The molecule has 0 aliphatic carbocycles. The zero-order chi connectivity index (χ0) is 10.5. The molecule has 0 saturated heterocycles. The summed E-state index contributed by atoms with van der Waals surface area (Å²) in [5, 5.41) is 7.28. The summed E-state index contributed by atoms with van der Waals surface area (Å²) < 4.78 is 1.71. The van der Waals surface area contributed by atoms with Crippen LogP contribution in [0.4, 0.5) is 5.82 Å². The van der Waals surface area contributed by atoms with Gasteiger partial charge in [0.15, 0.2) is 0 Å². The molecule has 1 N–H and O–H groups in total. The van der Waals surface area contributed by atoms with Crippen molar-refractivity contribution < 1.29 is 0 Å². The molecule has 0 amide bonds. The van der Waals surface area contributed by atoms with Crippen LogP contribution in [0.25, 0.3) is 5.69 Å². The molecule has 0 radical (unpaired) electrons. The monoisotopic (exact) mass is 203 g/mol. The minimum atomic E-state index is 0.866. The SMILES string of the molecule is CCCNc1cc(-n2cncn2)ccn1. The number of aromatic nitrogens is 4. The Kier molecular flexibility index (Phi) is 2.92. The summed E-state index contributed by atoms with van der Waals surface area (Å²) in [4.78, 5) is 8.12. The molecule has 0 fully saturated rings. The van der Waals surface area contributed by atoms with E-state index in [0.717, 1.165) is 24.5 Å². The summed E-state index contributed by atoms with van der Waals surface area (Å²) in [5.41, 5.74) is 0.959. The van der Waals surface area contributed by atoms with Gasteiger partial charge in [0.1, 0.15) is 18.5 Å². The summed E-state index contributed by atoms with van der Waals surface area (Å²) in [7, 11) is 0. The van der Waals surface area contributed by atoms with E-state index in [-0.39, 0.29) is 0 Å². The van der Waals surface area contributed by atoms with Gasteiger partial charge in [0.2, 0.25) is 0 Å². The Morgan fingerprint density at radius 1 is 1.47 bits per heavy atom. The maximum atomic E-state index is 4.21. The highest BCUT2D eigenvalue weighted by Crippen LogP contribution is 2.09. The van der Waals surface area contributed by atoms with Gasteiger partial charge in [0.05, 0.1) is 5.69 Å². The molecule has 0 bridgehead atoms. The maximum Gasteiger partial charge on any atom is 0.138 e. The Hall–Kier alpha value is -1.91. The van der Waals surface area contributed by atoms with Crippen LogP contribution in [0.1, 0.15) is 13.3 Å². The van der Waals surface area contributed by atoms with Crippen LogP contribution in [-0.2, 0) is 0 Å². The molecule has 0 saturated carbocycles. The fourth-order valence-corrected chi connectivity index (χ4v) is 1.25. The van der Waals surface area contributed by atoms with Crippen LogP contribution < -0.4 is 5.32 Å². The second-order valence-electron chi connectivity index (χ2n) is 3.17. The molecular formula is C10H13N5. The highest BCUT2D eigenvalue weighted by atomic mass is 15.3. The summed E-state index contributed by atoms with van der Waals surface area (Å²) >= 11 is 0. The van der Waals surface area contributed by atoms with E-state index in [9.17, 15) is 0 Å². The lowest BCUT2D eigenvalue weighted by molar-refractivity contribution is 0.874. The number of hydrogen-bond acceptors (Lipinski definition) is 4. The van der Waals surface area contributed by atoms with Crippen molar-refractivity contribution in [3.8, 4) is 5.69 Å². The Labute approximate surface area is 88.2 Å². The van der Waals surface area contributed by atoms with E-state index < -0.39 is 0 Å². The topological polar surface area (TPSA) is 55.6 Å². The molecule has 5 nitrogen and oxygen atoms in total. The third kappa shape index (κ3) is 2.31. The number of nitrogens with zero attached hydrogens (tertiary/aromatic N) is 4. The summed E-state index contributed by atoms with van der Waals surface area (Å²) in [6.45, 7) is 3.04.